The second kappa shape index (κ2) is 7.21. The fourth-order valence-corrected chi connectivity index (χ4v) is 5.22. The number of benzene rings is 2. The van der Waals surface area contributed by atoms with Crippen LogP contribution in [0.4, 0.5) is 18.9 Å². The van der Waals surface area contributed by atoms with Crippen molar-refractivity contribution in [3.8, 4) is 0 Å². The minimum absolute atomic E-state index is 0.208. The molecule has 0 bridgehead atoms. The molecule has 0 spiro atoms. The maximum Gasteiger partial charge on any atom is 0.417 e. The fourth-order valence-electron chi connectivity index (χ4n) is 2.36. The number of nitrogens with one attached hydrogen (secondary N) is 2. The average molecular weight is 455 g/mol. The van der Waals surface area contributed by atoms with E-state index in [1.54, 1.807) is 0 Å². The molecule has 0 amide bonds. The number of alkyl halides is 3. The summed E-state index contributed by atoms with van der Waals surface area (Å²) in [7, 11) is -8.51. The highest BCUT2D eigenvalue weighted by Gasteiger charge is 2.35. The quantitative estimate of drug-likeness (QED) is 0.697. The van der Waals surface area contributed by atoms with Gasteiger partial charge in [0.05, 0.1) is 21.2 Å². The summed E-state index contributed by atoms with van der Waals surface area (Å²) in [6, 6.07) is 7.12. The van der Waals surface area contributed by atoms with Crippen LogP contribution in [0.3, 0.4) is 0 Å². The third-order valence-electron chi connectivity index (χ3n) is 3.87. The molecule has 0 atom stereocenters. The lowest BCUT2D eigenvalue weighted by Gasteiger charge is -2.15. The van der Waals surface area contributed by atoms with Crippen molar-refractivity contribution in [3.63, 3.8) is 0 Å². The van der Waals surface area contributed by atoms with E-state index in [0.29, 0.717) is 18.9 Å². The topological polar surface area (TPSA) is 92.3 Å². The number of rotatable bonds is 6. The summed E-state index contributed by atoms with van der Waals surface area (Å²) >= 11 is 5.51. The van der Waals surface area contributed by atoms with Crippen LogP contribution in [-0.2, 0) is 26.2 Å². The van der Waals surface area contributed by atoms with Crippen molar-refractivity contribution < 1.29 is 30.0 Å². The van der Waals surface area contributed by atoms with Gasteiger partial charge >= 0.3 is 6.18 Å². The first-order chi connectivity index (χ1) is 12.9. The standard InChI is InChI=1S/C16H14ClF3N2O4S2/c17-13-8-7-11(9-12(13)16(18,19)20)27(23,24)22-14-3-1-2-4-15(14)28(25,26)21-10-5-6-10/h1-4,7-10,21-22H,5-6H2. The van der Waals surface area contributed by atoms with E-state index in [1.165, 1.54) is 24.3 Å². The molecule has 1 saturated carbocycles. The molecule has 0 heterocycles. The molecular weight excluding hydrogens is 441 g/mol. The van der Waals surface area contributed by atoms with Crippen LogP contribution < -0.4 is 9.44 Å². The lowest BCUT2D eigenvalue weighted by atomic mass is 10.2. The maximum atomic E-state index is 13.0. The summed E-state index contributed by atoms with van der Waals surface area (Å²) in [6.45, 7) is 0. The summed E-state index contributed by atoms with van der Waals surface area (Å²) in [5, 5.41) is -0.650. The molecular formula is C16H14ClF3N2O4S2. The fraction of sp³-hybridized carbons (Fsp3) is 0.250. The Morgan fingerprint density at radius 1 is 0.964 bits per heavy atom. The Balaban J connectivity index is 1.98. The number of sulfonamides is 2. The molecule has 28 heavy (non-hydrogen) atoms. The van der Waals surface area contributed by atoms with Gasteiger partial charge in [0.15, 0.2) is 0 Å². The van der Waals surface area contributed by atoms with Gasteiger partial charge in [-0.1, -0.05) is 23.7 Å². The lowest BCUT2D eigenvalue weighted by Crippen LogP contribution is -2.27. The third-order valence-corrected chi connectivity index (χ3v) is 7.15. The van der Waals surface area contributed by atoms with Crippen LogP contribution in [-0.4, -0.2) is 22.9 Å². The van der Waals surface area contributed by atoms with E-state index in [4.69, 9.17) is 11.6 Å². The van der Waals surface area contributed by atoms with Crippen molar-refractivity contribution in [3.05, 3.63) is 53.1 Å². The molecule has 1 aliphatic carbocycles. The zero-order valence-corrected chi connectivity index (χ0v) is 16.4. The van der Waals surface area contributed by atoms with Crippen molar-refractivity contribution in [1.29, 1.82) is 0 Å². The highest BCUT2D eigenvalue weighted by molar-refractivity contribution is 7.93. The SMILES string of the molecule is O=S(=O)(Nc1ccccc1S(=O)(=O)NC1CC1)c1ccc(Cl)c(C(F)(F)F)c1. The van der Waals surface area contributed by atoms with E-state index >= 15 is 0 Å². The molecule has 1 aliphatic rings. The van der Waals surface area contributed by atoms with Crippen LogP contribution in [0.1, 0.15) is 18.4 Å². The van der Waals surface area contributed by atoms with Gasteiger partial charge in [0.1, 0.15) is 4.90 Å². The summed E-state index contributed by atoms with van der Waals surface area (Å²) in [6.07, 6.45) is -3.49. The van der Waals surface area contributed by atoms with Crippen LogP contribution in [0.15, 0.2) is 52.3 Å². The van der Waals surface area contributed by atoms with Gasteiger partial charge in [0, 0.05) is 6.04 Å². The van der Waals surface area contributed by atoms with E-state index < -0.39 is 41.7 Å². The zero-order chi connectivity index (χ0) is 20.7. The number of halogens is 4. The maximum absolute atomic E-state index is 13.0. The normalized spacial score (nSPS) is 15.4. The average Bonchev–Trinajstić information content (AvgIpc) is 3.37. The second-order valence-electron chi connectivity index (χ2n) is 6.14. The van der Waals surface area contributed by atoms with Gasteiger partial charge in [0.2, 0.25) is 10.0 Å². The highest BCUT2D eigenvalue weighted by Crippen LogP contribution is 2.36. The minimum Gasteiger partial charge on any atom is -0.278 e. The van der Waals surface area contributed by atoms with Crippen LogP contribution >= 0.6 is 11.6 Å². The molecule has 0 radical (unpaired) electrons. The molecule has 2 aromatic carbocycles. The summed E-state index contributed by atoms with van der Waals surface area (Å²) in [4.78, 5) is -1.03. The van der Waals surface area contributed by atoms with E-state index in [2.05, 4.69) is 4.72 Å². The minimum atomic E-state index is -4.85. The molecule has 12 heteroatoms. The number of hydrogen-bond donors (Lipinski definition) is 2. The number of hydrogen-bond acceptors (Lipinski definition) is 4. The molecule has 3 rings (SSSR count). The van der Waals surface area contributed by atoms with E-state index in [9.17, 15) is 30.0 Å². The monoisotopic (exact) mass is 454 g/mol. The summed E-state index contributed by atoms with van der Waals surface area (Å²) in [5.41, 5.74) is -1.59. The Bertz CT molecular complexity index is 1110. The van der Waals surface area contributed by atoms with Crippen molar-refractivity contribution in [2.24, 2.45) is 0 Å². The van der Waals surface area contributed by atoms with Gasteiger partial charge in [-0.15, -0.1) is 0 Å². The van der Waals surface area contributed by atoms with Crippen LogP contribution in [0, 0.1) is 0 Å². The van der Waals surface area contributed by atoms with E-state index in [0.717, 1.165) is 12.1 Å². The number of para-hydroxylation sites is 1. The predicted molar refractivity (Wildman–Crippen MR) is 97.0 cm³/mol. The summed E-state index contributed by atoms with van der Waals surface area (Å²) < 4.78 is 93.5. The first-order valence-electron chi connectivity index (χ1n) is 7.91. The largest absolute Gasteiger partial charge is 0.417 e. The van der Waals surface area contributed by atoms with Crippen molar-refractivity contribution >= 4 is 37.3 Å². The molecule has 0 aromatic heterocycles. The van der Waals surface area contributed by atoms with Gasteiger partial charge in [-0.25, -0.2) is 21.6 Å². The van der Waals surface area contributed by atoms with Gasteiger partial charge in [-0.05, 0) is 43.2 Å². The molecule has 2 N–H and O–H groups in total. The molecule has 0 saturated heterocycles. The predicted octanol–water partition coefficient (Wildman–Crippen LogP) is 3.60. The zero-order valence-electron chi connectivity index (χ0n) is 14.0. The summed E-state index contributed by atoms with van der Waals surface area (Å²) in [5.74, 6) is 0. The lowest BCUT2D eigenvalue weighted by molar-refractivity contribution is -0.137. The Morgan fingerprint density at radius 3 is 2.21 bits per heavy atom. The Morgan fingerprint density at radius 2 is 1.61 bits per heavy atom. The van der Waals surface area contributed by atoms with Crippen molar-refractivity contribution in [1.82, 2.24) is 4.72 Å². The van der Waals surface area contributed by atoms with Gasteiger partial charge in [0.25, 0.3) is 10.0 Å². The van der Waals surface area contributed by atoms with Crippen molar-refractivity contribution in [2.45, 2.75) is 34.9 Å². The van der Waals surface area contributed by atoms with Gasteiger partial charge in [-0.3, -0.25) is 4.72 Å². The van der Waals surface area contributed by atoms with Crippen LogP contribution in [0.5, 0.6) is 0 Å². The Kier molecular flexibility index (Phi) is 5.38. The molecule has 6 nitrogen and oxygen atoms in total. The Hall–Kier alpha value is -1.82. The molecule has 1 fully saturated rings. The molecule has 0 unspecified atom stereocenters. The highest BCUT2D eigenvalue weighted by atomic mass is 35.5. The van der Waals surface area contributed by atoms with Crippen molar-refractivity contribution in [2.75, 3.05) is 4.72 Å². The van der Waals surface area contributed by atoms with Crippen LogP contribution in [0.2, 0.25) is 5.02 Å². The number of anilines is 1. The third kappa shape index (κ3) is 4.59. The second-order valence-corrected chi connectivity index (χ2v) is 9.91. The van der Waals surface area contributed by atoms with E-state index in [1.807, 2.05) is 4.72 Å². The van der Waals surface area contributed by atoms with E-state index in [-0.39, 0.29) is 16.6 Å². The smallest absolute Gasteiger partial charge is 0.278 e. The molecule has 152 valence electrons. The first-order valence-corrected chi connectivity index (χ1v) is 11.3. The Labute approximate surface area is 164 Å². The molecule has 0 aliphatic heterocycles. The molecule has 2 aromatic rings. The first kappa shape index (κ1) is 20.9. The van der Waals surface area contributed by atoms with Gasteiger partial charge < -0.3 is 0 Å². The van der Waals surface area contributed by atoms with Crippen LogP contribution in [0.25, 0.3) is 0 Å². The van der Waals surface area contributed by atoms with Gasteiger partial charge in [-0.2, -0.15) is 13.2 Å².